The van der Waals surface area contributed by atoms with Gasteiger partial charge in [-0.1, -0.05) is 69.8 Å². The summed E-state index contributed by atoms with van der Waals surface area (Å²) in [6, 6.07) is 0. The molecule has 0 aliphatic heterocycles. The molecule has 0 rings (SSSR count). The molecule has 0 fully saturated rings. The molecule has 0 aliphatic rings. The van der Waals surface area contributed by atoms with Crippen LogP contribution in [0.25, 0.3) is 0 Å². The second kappa shape index (κ2) is 22.6. The summed E-state index contributed by atoms with van der Waals surface area (Å²) < 4.78 is 14.9. The molecule has 0 amide bonds. The number of allylic oxidation sites excluding steroid dienone is 4. The highest BCUT2D eigenvalue weighted by atomic mass is 31.2. The van der Waals surface area contributed by atoms with Gasteiger partial charge in [-0.15, -0.1) is 0 Å². The second-order valence-electron chi connectivity index (χ2n) is 6.22. The Bertz CT molecular complexity index is 363. The lowest BCUT2D eigenvalue weighted by Crippen LogP contribution is -1.92. The molecule has 0 heterocycles. The van der Waals surface area contributed by atoms with Gasteiger partial charge in [0.05, 0.1) is 6.61 Å². The van der Waals surface area contributed by atoms with Crippen molar-refractivity contribution in [1.82, 2.24) is 0 Å². The lowest BCUT2D eigenvalue weighted by atomic mass is 10.1. The first-order valence-electron chi connectivity index (χ1n) is 10.1. The highest BCUT2D eigenvalue weighted by Crippen LogP contribution is 2.35. The van der Waals surface area contributed by atoms with Crippen LogP contribution < -0.4 is 0 Å². The third kappa shape index (κ3) is 31.3. The van der Waals surface area contributed by atoms with Crippen LogP contribution in [0.2, 0.25) is 0 Å². The van der Waals surface area contributed by atoms with Crippen molar-refractivity contribution in [2.24, 2.45) is 0 Å². The molecule has 5 nitrogen and oxygen atoms in total. The van der Waals surface area contributed by atoms with E-state index in [-0.39, 0.29) is 13.2 Å². The number of unbranched alkanes of at least 4 members (excludes halogenated alkanes) is 9. The number of rotatable bonds is 16. The van der Waals surface area contributed by atoms with Crippen LogP contribution in [-0.4, -0.2) is 28.1 Å². The number of phosphoric acid groups is 1. The number of aliphatic hydroxyl groups excluding tert-OH is 1. The third-order valence-corrected chi connectivity index (χ3v) is 4.12. The van der Waals surface area contributed by atoms with Gasteiger partial charge in [0.15, 0.2) is 0 Å². The largest absolute Gasteiger partial charge is 0.469 e. The molecule has 0 aromatic rings. The van der Waals surface area contributed by atoms with E-state index in [4.69, 9.17) is 14.9 Å². The minimum atomic E-state index is -4.27. The summed E-state index contributed by atoms with van der Waals surface area (Å²) in [7, 11) is -4.27. The molecule has 0 aromatic heterocycles. The van der Waals surface area contributed by atoms with Crippen molar-refractivity contribution in [3.63, 3.8) is 0 Å². The van der Waals surface area contributed by atoms with Gasteiger partial charge in [-0.05, 0) is 45.4 Å². The Balaban J connectivity index is 0. The fourth-order valence-corrected chi connectivity index (χ4v) is 2.64. The Hall–Kier alpha value is -0.450. The topological polar surface area (TPSA) is 87.0 Å². The van der Waals surface area contributed by atoms with Crippen molar-refractivity contribution in [3.8, 4) is 0 Å². The molecule has 0 aliphatic carbocycles. The van der Waals surface area contributed by atoms with Crippen LogP contribution in [-0.2, 0) is 9.09 Å². The van der Waals surface area contributed by atoms with Gasteiger partial charge in [-0.2, -0.15) is 0 Å². The second-order valence-corrected chi connectivity index (χ2v) is 7.46. The zero-order valence-corrected chi connectivity index (χ0v) is 17.7. The maximum absolute atomic E-state index is 10.5. The predicted molar refractivity (Wildman–Crippen MR) is 110 cm³/mol. The zero-order chi connectivity index (χ0) is 19.9. The summed E-state index contributed by atoms with van der Waals surface area (Å²) in [5.41, 5.74) is 0. The SMILES string of the molecule is CCCCC/C=C\C/C=C\CCCCCCCCOP(=O)(O)O.CCO. The fourth-order valence-electron chi connectivity index (χ4n) is 2.27. The fraction of sp³-hybridized carbons (Fsp3) is 0.800. The summed E-state index contributed by atoms with van der Waals surface area (Å²) in [5, 5.41) is 7.57. The highest BCUT2D eigenvalue weighted by molar-refractivity contribution is 7.46. The van der Waals surface area contributed by atoms with Gasteiger partial charge < -0.3 is 14.9 Å². The molecule has 0 saturated carbocycles. The maximum atomic E-state index is 10.5. The third-order valence-electron chi connectivity index (χ3n) is 3.60. The Morgan fingerprint density at radius 1 is 0.769 bits per heavy atom. The molecule has 0 unspecified atom stereocenters. The monoisotopic (exact) mass is 392 g/mol. The predicted octanol–water partition coefficient (Wildman–Crippen LogP) is 5.91. The van der Waals surface area contributed by atoms with Gasteiger partial charge in [0.25, 0.3) is 0 Å². The van der Waals surface area contributed by atoms with Crippen LogP contribution in [0.1, 0.15) is 90.9 Å². The van der Waals surface area contributed by atoms with Crippen molar-refractivity contribution in [3.05, 3.63) is 24.3 Å². The van der Waals surface area contributed by atoms with E-state index in [0.717, 1.165) is 32.1 Å². The van der Waals surface area contributed by atoms with Crippen molar-refractivity contribution in [1.29, 1.82) is 0 Å². The first-order valence-corrected chi connectivity index (χ1v) is 11.6. The Labute approximate surface area is 160 Å². The summed E-state index contributed by atoms with van der Waals surface area (Å²) in [6.45, 7) is 4.31. The van der Waals surface area contributed by atoms with Crippen molar-refractivity contribution < 1.29 is 24.0 Å². The van der Waals surface area contributed by atoms with Crippen LogP contribution in [0.4, 0.5) is 0 Å². The molecule has 0 radical (unpaired) electrons. The molecule has 0 aromatic carbocycles. The minimum absolute atomic E-state index is 0.152. The van der Waals surface area contributed by atoms with E-state index in [1.165, 1.54) is 44.9 Å². The minimum Gasteiger partial charge on any atom is -0.397 e. The molecule has 6 heteroatoms. The maximum Gasteiger partial charge on any atom is 0.469 e. The van der Waals surface area contributed by atoms with E-state index < -0.39 is 7.82 Å². The van der Waals surface area contributed by atoms with E-state index in [1.807, 2.05) is 0 Å². The van der Waals surface area contributed by atoms with Crippen LogP contribution in [0.5, 0.6) is 0 Å². The normalized spacial score (nSPS) is 11.9. The van der Waals surface area contributed by atoms with Gasteiger partial charge in [0, 0.05) is 6.61 Å². The average Bonchev–Trinajstić information content (AvgIpc) is 2.57. The smallest absolute Gasteiger partial charge is 0.397 e. The van der Waals surface area contributed by atoms with Crippen molar-refractivity contribution >= 4 is 7.82 Å². The lowest BCUT2D eigenvalue weighted by molar-refractivity contribution is 0.193. The molecular weight excluding hydrogens is 351 g/mol. The molecule has 26 heavy (non-hydrogen) atoms. The van der Waals surface area contributed by atoms with Crippen LogP contribution in [0.15, 0.2) is 24.3 Å². The molecule has 156 valence electrons. The Morgan fingerprint density at radius 2 is 1.23 bits per heavy atom. The molecular formula is C20H41O5P. The molecule has 0 atom stereocenters. The standard InChI is InChI=1S/C18H35O4P.C2H6O/c1-2-3-4-5-6-7-8-9-10-11-12-13-14-15-16-17-18-22-23(19,20)21;1-2-3/h6-7,9-10H,2-5,8,11-18H2,1H3,(H2,19,20,21);3H,2H2,1H3/b7-6-,10-9-;. The van der Waals surface area contributed by atoms with Crippen molar-refractivity contribution in [2.45, 2.75) is 90.9 Å². The highest BCUT2D eigenvalue weighted by Gasteiger charge is 2.12. The number of phosphoric ester groups is 1. The summed E-state index contributed by atoms with van der Waals surface area (Å²) >= 11 is 0. The van der Waals surface area contributed by atoms with Crippen molar-refractivity contribution in [2.75, 3.05) is 13.2 Å². The van der Waals surface area contributed by atoms with Gasteiger partial charge in [-0.25, -0.2) is 4.57 Å². The van der Waals surface area contributed by atoms with Gasteiger partial charge in [0.1, 0.15) is 0 Å². The van der Waals surface area contributed by atoms with Crippen LogP contribution in [0.3, 0.4) is 0 Å². The van der Waals surface area contributed by atoms with Gasteiger partial charge in [0.2, 0.25) is 0 Å². The van der Waals surface area contributed by atoms with Crippen LogP contribution in [0, 0.1) is 0 Å². The summed E-state index contributed by atoms with van der Waals surface area (Å²) in [4.78, 5) is 17.0. The first kappa shape index (κ1) is 27.8. The molecule has 3 N–H and O–H groups in total. The number of hydrogen-bond donors (Lipinski definition) is 3. The Morgan fingerprint density at radius 3 is 1.73 bits per heavy atom. The van der Waals surface area contributed by atoms with Crippen LogP contribution >= 0.6 is 7.82 Å². The van der Waals surface area contributed by atoms with E-state index in [0.29, 0.717) is 0 Å². The molecule has 0 spiro atoms. The summed E-state index contributed by atoms with van der Waals surface area (Å²) in [6.07, 6.45) is 22.8. The van der Waals surface area contributed by atoms with E-state index in [9.17, 15) is 4.57 Å². The van der Waals surface area contributed by atoms with Gasteiger partial charge >= 0.3 is 7.82 Å². The molecule has 0 bridgehead atoms. The quantitative estimate of drug-likeness (QED) is 0.173. The zero-order valence-electron chi connectivity index (χ0n) is 16.8. The Kier molecular flexibility index (Phi) is 24.1. The number of aliphatic hydroxyl groups is 1. The van der Waals surface area contributed by atoms with E-state index in [2.05, 4.69) is 35.8 Å². The van der Waals surface area contributed by atoms with Gasteiger partial charge in [-0.3, -0.25) is 4.52 Å². The number of hydrogen-bond acceptors (Lipinski definition) is 3. The molecule has 0 saturated heterocycles. The van der Waals surface area contributed by atoms with E-state index >= 15 is 0 Å². The first-order chi connectivity index (χ1) is 12.5. The summed E-state index contributed by atoms with van der Waals surface area (Å²) in [5.74, 6) is 0. The average molecular weight is 393 g/mol. The lowest BCUT2D eigenvalue weighted by Gasteiger charge is -2.04. The van der Waals surface area contributed by atoms with E-state index in [1.54, 1.807) is 6.92 Å².